The molecule has 0 spiro atoms. The molecule has 3 heteroatoms. The number of nitrogens with zero attached hydrogens (tertiary/aromatic N) is 1. The van der Waals surface area contributed by atoms with Crippen molar-refractivity contribution >= 4 is 5.84 Å². The lowest BCUT2D eigenvalue weighted by Gasteiger charge is -2.26. The fraction of sp³-hybridized carbons (Fsp3) is 0.292. The minimum Gasteiger partial charge on any atom is -0.373 e. The summed E-state index contributed by atoms with van der Waals surface area (Å²) in [6, 6.07) is 21.5. The zero-order chi connectivity index (χ0) is 18.3. The monoisotopic (exact) mass is 358 g/mol. The lowest BCUT2D eigenvalue weighted by molar-refractivity contribution is 0.173. The Bertz CT molecular complexity index is 811. The summed E-state index contributed by atoms with van der Waals surface area (Å²) in [7, 11) is 0. The SMILES string of the molecule is C1=CCC([C@@H]2NC(COCCc3ccccc3)=N[C@@H]2c2ccccc2)C=C1. The third-order valence-electron chi connectivity index (χ3n) is 5.20. The minimum atomic E-state index is 0.139. The maximum atomic E-state index is 5.92. The van der Waals surface area contributed by atoms with Crippen LogP contribution in [0.15, 0.2) is 90.0 Å². The van der Waals surface area contributed by atoms with Crippen molar-refractivity contribution in [3.05, 3.63) is 96.1 Å². The second-order valence-corrected chi connectivity index (χ2v) is 7.10. The molecule has 1 N–H and O–H groups in total. The van der Waals surface area contributed by atoms with Crippen molar-refractivity contribution in [1.82, 2.24) is 5.32 Å². The van der Waals surface area contributed by atoms with Crippen LogP contribution in [0, 0.1) is 5.92 Å². The van der Waals surface area contributed by atoms with Gasteiger partial charge in [0.1, 0.15) is 12.4 Å². The van der Waals surface area contributed by atoms with Gasteiger partial charge in [0.15, 0.2) is 0 Å². The van der Waals surface area contributed by atoms with Crippen molar-refractivity contribution in [2.45, 2.75) is 24.9 Å². The second-order valence-electron chi connectivity index (χ2n) is 7.10. The van der Waals surface area contributed by atoms with Gasteiger partial charge in [-0.15, -0.1) is 0 Å². The van der Waals surface area contributed by atoms with Gasteiger partial charge in [-0.25, -0.2) is 0 Å². The van der Waals surface area contributed by atoms with Crippen molar-refractivity contribution in [3.63, 3.8) is 0 Å². The molecule has 0 aromatic heterocycles. The Morgan fingerprint density at radius 3 is 2.48 bits per heavy atom. The van der Waals surface area contributed by atoms with Gasteiger partial charge < -0.3 is 10.1 Å². The third-order valence-corrected chi connectivity index (χ3v) is 5.20. The average molecular weight is 358 g/mol. The van der Waals surface area contributed by atoms with Crippen LogP contribution in [0.25, 0.3) is 0 Å². The molecule has 1 aliphatic carbocycles. The van der Waals surface area contributed by atoms with Crippen LogP contribution in [0.1, 0.15) is 23.6 Å². The number of benzene rings is 2. The van der Waals surface area contributed by atoms with E-state index in [-0.39, 0.29) is 12.1 Å². The summed E-state index contributed by atoms with van der Waals surface area (Å²) in [6.07, 6.45) is 10.8. The highest BCUT2D eigenvalue weighted by Gasteiger charge is 2.34. The number of amidine groups is 1. The molecule has 0 radical (unpaired) electrons. The van der Waals surface area contributed by atoms with Crippen LogP contribution < -0.4 is 5.32 Å². The van der Waals surface area contributed by atoms with E-state index < -0.39 is 0 Å². The fourth-order valence-electron chi connectivity index (χ4n) is 3.78. The Hall–Kier alpha value is -2.65. The normalized spacial score (nSPS) is 23.9. The van der Waals surface area contributed by atoms with Crippen LogP contribution in [-0.2, 0) is 11.2 Å². The van der Waals surface area contributed by atoms with Crippen LogP contribution in [0.3, 0.4) is 0 Å². The van der Waals surface area contributed by atoms with E-state index in [0.717, 1.165) is 18.7 Å². The first-order chi connectivity index (χ1) is 13.4. The molecule has 1 unspecified atom stereocenters. The van der Waals surface area contributed by atoms with Gasteiger partial charge in [-0.1, -0.05) is 85.0 Å². The predicted molar refractivity (Wildman–Crippen MR) is 111 cm³/mol. The summed E-state index contributed by atoms with van der Waals surface area (Å²) in [5.74, 6) is 1.41. The maximum Gasteiger partial charge on any atom is 0.124 e. The summed E-state index contributed by atoms with van der Waals surface area (Å²) in [4.78, 5) is 4.98. The van der Waals surface area contributed by atoms with Crippen LogP contribution >= 0.6 is 0 Å². The first-order valence-electron chi connectivity index (χ1n) is 9.73. The molecule has 2 aliphatic rings. The van der Waals surface area contributed by atoms with E-state index in [1.807, 2.05) is 6.07 Å². The number of hydrogen-bond acceptors (Lipinski definition) is 3. The first kappa shape index (κ1) is 17.7. The van der Waals surface area contributed by atoms with E-state index in [4.69, 9.17) is 9.73 Å². The Balaban J connectivity index is 1.39. The summed E-state index contributed by atoms with van der Waals surface area (Å²) in [6.45, 7) is 1.25. The Morgan fingerprint density at radius 2 is 1.74 bits per heavy atom. The smallest absolute Gasteiger partial charge is 0.124 e. The van der Waals surface area contributed by atoms with Crippen molar-refractivity contribution < 1.29 is 4.74 Å². The molecule has 0 saturated heterocycles. The van der Waals surface area contributed by atoms with E-state index in [1.54, 1.807) is 0 Å². The molecule has 1 heterocycles. The van der Waals surface area contributed by atoms with Crippen LogP contribution in [0.4, 0.5) is 0 Å². The van der Waals surface area contributed by atoms with E-state index in [9.17, 15) is 0 Å². The standard InChI is InChI=1S/C24H26N2O/c1-4-10-19(11-5-1)16-17-27-18-22-25-23(20-12-6-2-7-13-20)24(26-22)21-14-8-3-9-15-21/h1-14,21,23-24H,15-18H2,(H,25,26)/t21?,23-,24+/m1/s1. The molecule has 0 fully saturated rings. The van der Waals surface area contributed by atoms with Gasteiger partial charge in [-0.3, -0.25) is 4.99 Å². The Kier molecular flexibility index (Phi) is 5.80. The zero-order valence-electron chi connectivity index (χ0n) is 15.5. The highest BCUT2D eigenvalue weighted by Crippen LogP contribution is 2.33. The lowest BCUT2D eigenvalue weighted by Crippen LogP contribution is -2.39. The largest absolute Gasteiger partial charge is 0.373 e. The van der Waals surface area contributed by atoms with Crippen LogP contribution in [-0.4, -0.2) is 25.1 Å². The van der Waals surface area contributed by atoms with Crippen LogP contribution in [0.5, 0.6) is 0 Å². The molecule has 1 aliphatic heterocycles. The van der Waals surface area contributed by atoms with Crippen LogP contribution in [0.2, 0.25) is 0 Å². The van der Waals surface area contributed by atoms with E-state index in [1.165, 1.54) is 11.1 Å². The molecule has 138 valence electrons. The van der Waals surface area contributed by atoms with Crippen molar-refractivity contribution in [1.29, 1.82) is 0 Å². The van der Waals surface area contributed by atoms with Crippen molar-refractivity contribution in [2.75, 3.05) is 13.2 Å². The van der Waals surface area contributed by atoms with Crippen molar-refractivity contribution in [2.24, 2.45) is 10.9 Å². The van der Waals surface area contributed by atoms with E-state index in [0.29, 0.717) is 19.1 Å². The maximum absolute atomic E-state index is 5.92. The number of rotatable bonds is 7. The summed E-state index contributed by atoms with van der Waals surface area (Å²) in [5, 5.41) is 3.65. The molecule has 3 atom stereocenters. The van der Waals surface area contributed by atoms with Gasteiger partial charge in [0.05, 0.1) is 18.7 Å². The van der Waals surface area contributed by atoms with Gasteiger partial charge in [0, 0.05) is 5.92 Å². The summed E-state index contributed by atoms with van der Waals surface area (Å²) in [5.41, 5.74) is 2.57. The first-order valence-corrected chi connectivity index (χ1v) is 9.73. The number of nitrogens with one attached hydrogen (secondary N) is 1. The fourth-order valence-corrected chi connectivity index (χ4v) is 3.78. The van der Waals surface area contributed by atoms with Gasteiger partial charge in [0.2, 0.25) is 0 Å². The number of ether oxygens (including phenoxy) is 1. The third kappa shape index (κ3) is 4.55. The average Bonchev–Trinajstić information content (AvgIpc) is 3.18. The molecule has 27 heavy (non-hydrogen) atoms. The molecular formula is C24H26N2O. The molecule has 0 saturated carbocycles. The molecule has 0 bridgehead atoms. The highest BCUT2D eigenvalue weighted by molar-refractivity contribution is 5.86. The number of hydrogen-bond donors (Lipinski definition) is 1. The topological polar surface area (TPSA) is 33.6 Å². The molecular weight excluding hydrogens is 332 g/mol. The van der Waals surface area contributed by atoms with Crippen molar-refractivity contribution in [3.8, 4) is 0 Å². The minimum absolute atomic E-state index is 0.139. The summed E-state index contributed by atoms with van der Waals surface area (Å²) < 4.78 is 5.92. The second kappa shape index (κ2) is 8.83. The quantitative estimate of drug-likeness (QED) is 0.740. The highest BCUT2D eigenvalue weighted by atomic mass is 16.5. The molecule has 4 rings (SSSR count). The predicted octanol–water partition coefficient (Wildman–Crippen LogP) is 4.49. The number of aliphatic imine (C=N–C) groups is 1. The Morgan fingerprint density at radius 1 is 0.963 bits per heavy atom. The van der Waals surface area contributed by atoms with Gasteiger partial charge in [-0.05, 0) is 24.0 Å². The zero-order valence-corrected chi connectivity index (χ0v) is 15.5. The van der Waals surface area contributed by atoms with Gasteiger partial charge in [-0.2, -0.15) is 0 Å². The molecule has 2 aromatic carbocycles. The Labute approximate surface area is 161 Å². The van der Waals surface area contributed by atoms with E-state index >= 15 is 0 Å². The molecule has 3 nitrogen and oxygen atoms in total. The molecule has 0 amide bonds. The van der Waals surface area contributed by atoms with E-state index in [2.05, 4.69) is 84.2 Å². The number of allylic oxidation sites excluding steroid dienone is 3. The van der Waals surface area contributed by atoms with Gasteiger partial charge in [0.25, 0.3) is 0 Å². The lowest BCUT2D eigenvalue weighted by atomic mass is 9.86. The van der Waals surface area contributed by atoms with Gasteiger partial charge >= 0.3 is 0 Å². The summed E-state index contributed by atoms with van der Waals surface area (Å²) >= 11 is 0. The molecule has 2 aromatic rings.